The van der Waals surface area contributed by atoms with Crippen molar-refractivity contribution in [3.05, 3.63) is 48.0 Å². The molecule has 2 aliphatic rings. The summed E-state index contributed by atoms with van der Waals surface area (Å²) in [5.41, 5.74) is 3.23. The maximum atomic E-state index is 6.31. The molecule has 9 nitrogen and oxygen atoms in total. The highest BCUT2D eigenvalue weighted by Crippen LogP contribution is 2.31. The van der Waals surface area contributed by atoms with Crippen molar-refractivity contribution in [2.24, 2.45) is 0 Å². The molecule has 4 aromatic rings. The Morgan fingerprint density at radius 3 is 2.80 bits per heavy atom. The zero-order valence-corrected chi connectivity index (χ0v) is 20.2. The van der Waals surface area contributed by atoms with Crippen LogP contribution in [0.5, 0.6) is 0 Å². The van der Waals surface area contributed by atoms with Crippen molar-refractivity contribution in [2.75, 3.05) is 31.3 Å². The minimum absolute atomic E-state index is 0.0387. The molecule has 5 heterocycles. The molecule has 6 rings (SSSR count). The molecule has 2 aliphatic heterocycles. The Hall–Kier alpha value is -3.14. The standard InChI is InChI=1S/C25H26ClN7O2/c1-16-14-34-12-10-32(16)24-19-8-9-20(28-23(19)29-25(26)30-24)17-5-4-6-18(13-17)22-27-15-33(31-22)21-7-2-3-11-35-21/h4-6,8-9,13,15-16,21H,2-3,7,10-12,14H2,1H3/t16-,21?/m0/s1. The molecule has 1 unspecified atom stereocenters. The van der Waals surface area contributed by atoms with E-state index in [-0.39, 0.29) is 17.6 Å². The van der Waals surface area contributed by atoms with Gasteiger partial charge in [0.05, 0.1) is 30.3 Å². The zero-order valence-electron chi connectivity index (χ0n) is 19.5. The molecule has 0 amide bonds. The molecule has 1 aromatic carbocycles. The highest BCUT2D eigenvalue weighted by Gasteiger charge is 2.24. The fraction of sp³-hybridized carbons (Fsp3) is 0.400. The van der Waals surface area contributed by atoms with Crippen molar-refractivity contribution in [1.29, 1.82) is 0 Å². The van der Waals surface area contributed by atoms with Crippen LogP contribution < -0.4 is 4.90 Å². The molecule has 0 radical (unpaired) electrons. The smallest absolute Gasteiger partial charge is 0.226 e. The van der Waals surface area contributed by atoms with Crippen LogP contribution in [0.15, 0.2) is 42.7 Å². The monoisotopic (exact) mass is 491 g/mol. The zero-order chi connectivity index (χ0) is 23.8. The Bertz CT molecular complexity index is 1350. The number of morpholine rings is 1. The SMILES string of the molecule is C[C@H]1COCCN1c1nc(Cl)nc2nc(-c3cccc(-c4ncn(C5CCCCO5)n4)c3)ccc12. The van der Waals surface area contributed by atoms with Crippen LogP contribution in [0.4, 0.5) is 5.82 Å². The molecular weight excluding hydrogens is 466 g/mol. The molecule has 180 valence electrons. The van der Waals surface area contributed by atoms with Gasteiger partial charge in [-0.15, -0.1) is 5.10 Å². The van der Waals surface area contributed by atoms with E-state index in [2.05, 4.69) is 31.9 Å². The largest absolute Gasteiger partial charge is 0.377 e. The van der Waals surface area contributed by atoms with E-state index in [0.29, 0.717) is 24.7 Å². The first-order valence-electron chi connectivity index (χ1n) is 12.0. The molecule has 0 bridgehead atoms. The summed E-state index contributed by atoms with van der Waals surface area (Å²) in [5.74, 6) is 1.46. The van der Waals surface area contributed by atoms with E-state index in [1.807, 2.05) is 41.1 Å². The predicted molar refractivity (Wildman–Crippen MR) is 133 cm³/mol. The van der Waals surface area contributed by atoms with Gasteiger partial charge in [0.1, 0.15) is 12.1 Å². The number of rotatable bonds is 4. The predicted octanol–water partition coefficient (Wildman–Crippen LogP) is 4.53. The van der Waals surface area contributed by atoms with Gasteiger partial charge in [-0.2, -0.15) is 9.97 Å². The number of benzene rings is 1. The maximum absolute atomic E-state index is 6.31. The van der Waals surface area contributed by atoms with Gasteiger partial charge in [-0.1, -0.05) is 18.2 Å². The van der Waals surface area contributed by atoms with E-state index in [1.54, 1.807) is 6.33 Å². The van der Waals surface area contributed by atoms with Gasteiger partial charge in [0.25, 0.3) is 0 Å². The number of anilines is 1. The first-order valence-corrected chi connectivity index (χ1v) is 12.4. The first-order chi connectivity index (χ1) is 17.2. The van der Waals surface area contributed by atoms with Gasteiger partial charge >= 0.3 is 0 Å². The average molecular weight is 492 g/mol. The van der Waals surface area contributed by atoms with Crippen molar-refractivity contribution in [2.45, 2.75) is 38.5 Å². The van der Waals surface area contributed by atoms with E-state index in [9.17, 15) is 0 Å². The first kappa shape index (κ1) is 22.3. The lowest BCUT2D eigenvalue weighted by Gasteiger charge is -2.34. The van der Waals surface area contributed by atoms with Gasteiger partial charge in [-0.25, -0.2) is 14.6 Å². The molecule has 2 saturated heterocycles. The highest BCUT2D eigenvalue weighted by atomic mass is 35.5. The second-order valence-corrected chi connectivity index (χ2v) is 9.29. The van der Waals surface area contributed by atoms with Crippen LogP contribution in [0.25, 0.3) is 33.7 Å². The quantitative estimate of drug-likeness (QED) is 0.384. The van der Waals surface area contributed by atoms with Crippen molar-refractivity contribution in [3.63, 3.8) is 0 Å². The third-order valence-electron chi connectivity index (χ3n) is 6.53. The van der Waals surface area contributed by atoms with Gasteiger partial charge in [0.15, 0.2) is 17.7 Å². The fourth-order valence-electron chi connectivity index (χ4n) is 4.69. The van der Waals surface area contributed by atoms with Crippen LogP contribution >= 0.6 is 11.6 Å². The van der Waals surface area contributed by atoms with Crippen LogP contribution in [0, 0.1) is 0 Å². The third-order valence-corrected chi connectivity index (χ3v) is 6.70. The molecule has 2 atom stereocenters. The summed E-state index contributed by atoms with van der Waals surface area (Å²) in [5, 5.41) is 5.73. The Morgan fingerprint density at radius 2 is 1.94 bits per heavy atom. The molecule has 10 heteroatoms. The number of pyridine rings is 1. The van der Waals surface area contributed by atoms with Crippen LogP contribution in [0.3, 0.4) is 0 Å². The maximum Gasteiger partial charge on any atom is 0.226 e. The van der Waals surface area contributed by atoms with Gasteiger partial charge in [-0.3, -0.25) is 0 Å². The van der Waals surface area contributed by atoms with Crippen LogP contribution in [-0.2, 0) is 9.47 Å². The average Bonchev–Trinajstić information content (AvgIpc) is 3.39. The van der Waals surface area contributed by atoms with E-state index in [0.717, 1.165) is 60.4 Å². The molecule has 35 heavy (non-hydrogen) atoms. The summed E-state index contributed by atoms with van der Waals surface area (Å²) in [6.07, 6.45) is 4.91. The van der Waals surface area contributed by atoms with Crippen LogP contribution in [-0.4, -0.2) is 62.1 Å². The summed E-state index contributed by atoms with van der Waals surface area (Å²) in [6, 6.07) is 12.3. The number of ether oxygens (including phenoxy) is 2. The highest BCUT2D eigenvalue weighted by molar-refractivity contribution is 6.28. The van der Waals surface area contributed by atoms with Crippen molar-refractivity contribution >= 4 is 28.5 Å². The van der Waals surface area contributed by atoms with E-state index >= 15 is 0 Å². The van der Waals surface area contributed by atoms with Gasteiger partial charge in [0, 0.05) is 24.3 Å². The Morgan fingerprint density at radius 1 is 1.03 bits per heavy atom. The molecule has 0 N–H and O–H groups in total. The van der Waals surface area contributed by atoms with Crippen LogP contribution in [0.1, 0.15) is 32.4 Å². The lowest BCUT2D eigenvalue weighted by molar-refractivity contribution is -0.0395. The lowest BCUT2D eigenvalue weighted by Crippen LogP contribution is -2.44. The fourth-order valence-corrected chi connectivity index (χ4v) is 4.85. The number of hydrogen-bond acceptors (Lipinski definition) is 8. The molecular formula is C25H26ClN7O2. The van der Waals surface area contributed by atoms with Crippen molar-refractivity contribution < 1.29 is 9.47 Å². The Labute approximate surface area is 208 Å². The summed E-state index contributed by atoms with van der Waals surface area (Å²) < 4.78 is 13.2. The molecule has 2 fully saturated rings. The molecule has 0 aliphatic carbocycles. The number of halogens is 1. The van der Waals surface area contributed by atoms with E-state index < -0.39 is 0 Å². The summed E-state index contributed by atoms with van der Waals surface area (Å²) >= 11 is 6.31. The topological polar surface area (TPSA) is 91.1 Å². The minimum atomic E-state index is -0.0387. The van der Waals surface area contributed by atoms with Gasteiger partial charge < -0.3 is 14.4 Å². The van der Waals surface area contributed by atoms with Crippen LogP contribution in [0.2, 0.25) is 5.28 Å². The van der Waals surface area contributed by atoms with E-state index in [4.69, 9.17) is 26.1 Å². The summed E-state index contributed by atoms with van der Waals surface area (Å²) in [4.78, 5) is 20.5. The van der Waals surface area contributed by atoms with Crippen molar-refractivity contribution in [1.82, 2.24) is 29.7 Å². The van der Waals surface area contributed by atoms with E-state index in [1.165, 1.54) is 0 Å². The number of nitrogens with zero attached hydrogens (tertiary/aromatic N) is 7. The Kier molecular flexibility index (Phi) is 6.05. The lowest BCUT2D eigenvalue weighted by atomic mass is 10.1. The minimum Gasteiger partial charge on any atom is -0.377 e. The second kappa shape index (κ2) is 9.49. The van der Waals surface area contributed by atoms with Gasteiger partial charge in [-0.05, 0) is 56.0 Å². The Balaban J connectivity index is 1.33. The number of aromatic nitrogens is 6. The van der Waals surface area contributed by atoms with Crippen molar-refractivity contribution in [3.8, 4) is 22.6 Å². The normalized spacial score (nSPS) is 20.9. The summed E-state index contributed by atoms with van der Waals surface area (Å²) in [6.45, 7) is 4.94. The number of hydrogen-bond donors (Lipinski definition) is 0. The summed E-state index contributed by atoms with van der Waals surface area (Å²) in [7, 11) is 0. The van der Waals surface area contributed by atoms with Gasteiger partial charge in [0.2, 0.25) is 5.28 Å². The molecule has 0 saturated carbocycles. The third kappa shape index (κ3) is 4.47. The number of fused-ring (bicyclic) bond motifs is 1. The second-order valence-electron chi connectivity index (χ2n) is 8.95. The molecule has 3 aromatic heterocycles. The molecule has 0 spiro atoms.